The van der Waals surface area contributed by atoms with Crippen molar-refractivity contribution in [3.05, 3.63) is 0 Å². The molecule has 13 heteroatoms. The molecule has 0 radical (unpaired) electrons. The summed E-state index contributed by atoms with van der Waals surface area (Å²) in [6.45, 7) is 4.22. The third-order valence-corrected chi connectivity index (χ3v) is 5.45. The third-order valence-electron chi connectivity index (χ3n) is 3.80. The lowest BCUT2D eigenvalue weighted by molar-refractivity contribution is -0.247. The van der Waals surface area contributed by atoms with Gasteiger partial charge in [-0.1, -0.05) is 12.2 Å². The average Bonchev–Trinajstić information content (AvgIpc) is 2.85. The lowest BCUT2D eigenvalue weighted by atomic mass is 9.93. The molecule has 2 aliphatic rings. The second-order valence-electron chi connectivity index (χ2n) is 6.16. The summed E-state index contributed by atoms with van der Waals surface area (Å²) in [6, 6.07) is 0. The Labute approximate surface area is 175 Å². The van der Waals surface area contributed by atoms with E-state index in [-0.39, 0.29) is 16.8 Å². The summed E-state index contributed by atoms with van der Waals surface area (Å²) in [7, 11) is 0. The first-order valence-corrected chi connectivity index (χ1v) is 9.59. The zero-order chi connectivity index (χ0) is 21.9. The Morgan fingerprint density at radius 1 is 1.03 bits per heavy atom. The molecule has 1 spiro atoms. The molecule has 0 saturated carbocycles. The molecule has 2 aliphatic heterocycles. The number of nitrogens with two attached hydrogens (primary N) is 1. The maximum atomic E-state index is 11.8. The molecule has 2 N–H and O–H groups in total. The van der Waals surface area contributed by atoms with E-state index in [4.69, 9.17) is 41.6 Å². The van der Waals surface area contributed by atoms with Gasteiger partial charge < -0.3 is 29.4 Å². The largest absolute Gasteiger partial charge is 0.463 e. The van der Waals surface area contributed by atoms with Gasteiger partial charge in [-0.15, -0.1) is 0 Å². The number of aliphatic imine (C=N–C) groups is 1. The van der Waals surface area contributed by atoms with E-state index in [2.05, 4.69) is 4.99 Å². The van der Waals surface area contributed by atoms with Gasteiger partial charge >= 0.3 is 23.9 Å². The topological polar surface area (TPSA) is 153 Å². The number of thioether (sulfide) groups is 1. The predicted molar refractivity (Wildman–Crippen MR) is 103 cm³/mol. The highest BCUT2D eigenvalue weighted by atomic mass is 32.2. The molecule has 0 aliphatic carbocycles. The number of amidine groups is 1. The van der Waals surface area contributed by atoms with Gasteiger partial charge in [0.15, 0.2) is 28.5 Å². The summed E-state index contributed by atoms with van der Waals surface area (Å²) in [6.07, 6.45) is -5.06. The second-order valence-corrected chi connectivity index (χ2v) is 7.78. The molecule has 0 aromatic heterocycles. The molecule has 0 unspecified atom stereocenters. The number of thiocarbonyl (C=S) groups is 1. The van der Waals surface area contributed by atoms with E-state index in [0.717, 1.165) is 32.5 Å². The van der Waals surface area contributed by atoms with E-state index in [1.54, 1.807) is 0 Å². The maximum Gasteiger partial charge on any atom is 0.303 e. The molecule has 1 saturated heterocycles. The summed E-state index contributed by atoms with van der Waals surface area (Å²) >= 11 is 6.13. The number of esters is 4. The van der Waals surface area contributed by atoms with Gasteiger partial charge in [0.2, 0.25) is 4.93 Å². The Morgan fingerprint density at radius 3 is 2.03 bits per heavy atom. The highest BCUT2D eigenvalue weighted by molar-refractivity contribution is 8.16. The minimum atomic E-state index is -1.65. The maximum absolute atomic E-state index is 11.8. The monoisotopic (exact) mass is 448 g/mol. The van der Waals surface area contributed by atoms with Crippen molar-refractivity contribution in [3.8, 4) is 0 Å². The third kappa shape index (κ3) is 5.22. The summed E-state index contributed by atoms with van der Waals surface area (Å²) in [5.41, 5.74) is 5.78. The second kappa shape index (κ2) is 9.05. The number of carbonyl (C=O) groups is 4. The molecule has 29 heavy (non-hydrogen) atoms. The van der Waals surface area contributed by atoms with Crippen LogP contribution in [0.4, 0.5) is 0 Å². The van der Waals surface area contributed by atoms with E-state index in [1.807, 2.05) is 0 Å². The van der Waals surface area contributed by atoms with Crippen LogP contribution in [0.2, 0.25) is 0 Å². The molecule has 1 fully saturated rings. The Kier molecular flexibility index (Phi) is 7.19. The van der Waals surface area contributed by atoms with Gasteiger partial charge in [-0.05, 0) is 11.8 Å². The SMILES string of the molecule is CC(=O)OC[C@H]1O[C@]2(SC(N)=NC2=S)[C@H](OC(C)=O)[C@@H](OC(C)=O)[C@H]1OC(C)=O. The number of nitrogens with zero attached hydrogens (tertiary/aromatic N) is 1. The van der Waals surface area contributed by atoms with Gasteiger partial charge in [0.1, 0.15) is 12.7 Å². The first-order valence-electron chi connectivity index (χ1n) is 8.36. The molecule has 2 rings (SSSR count). The fourth-order valence-electron chi connectivity index (χ4n) is 2.92. The van der Waals surface area contributed by atoms with Gasteiger partial charge in [-0.2, -0.15) is 0 Å². The summed E-state index contributed by atoms with van der Waals surface area (Å²) in [5.74, 6) is -2.81. The van der Waals surface area contributed by atoms with Crippen LogP contribution in [0.1, 0.15) is 27.7 Å². The summed E-state index contributed by atoms with van der Waals surface area (Å²) in [4.78, 5) is 48.8. The minimum absolute atomic E-state index is 0.0332. The standard InChI is InChI=1S/C16H20N2O9S2/c1-6(19)23-5-10-11(24-7(2)20)12(25-8(3)21)13(26-9(4)22)16(27-10)14(28)18-15(17)29-16/h10-13H,5H2,1-4H3,(H2,17,18,28)/t10-,11+,12+,13-,16+/m1/s1. The lowest BCUT2D eigenvalue weighted by Gasteiger charge is -2.48. The van der Waals surface area contributed by atoms with Crippen LogP contribution in [0.25, 0.3) is 0 Å². The summed E-state index contributed by atoms with van der Waals surface area (Å²) < 4.78 is 27.0. The molecule has 0 aromatic rings. The minimum Gasteiger partial charge on any atom is -0.463 e. The van der Waals surface area contributed by atoms with Crippen molar-refractivity contribution < 1.29 is 42.9 Å². The van der Waals surface area contributed by atoms with Crippen LogP contribution in [0.3, 0.4) is 0 Å². The Hall–Kier alpha value is -2.25. The number of carbonyl (C=O) groups excluding carboxylic acids is 4. The number of ether oxygens (including phenoxy) is 5. The Balaban J connectivity index is 2.55. The fourth-order valence-corrected chi connectivity index (χ4v) is 4.42. The van der Waals surface area contributed by atoms with Crippen LogP contribution >= 0.6 is 24.0 Å². The molecule has 0 bridgehead atoms. The van der Waals surface area contributed by atoms with Crippen LogP contribution in [0.5, 0.6) is 0 Å². The van der Waals surface area contributed by atoms with Crippen molar-refractivity contribution in [1.29, 1.82) is 0 Å². The number of hydrogen-bond acceptors (Lipinski definition) is 12. The van der Waals surface area contributed by atoms with Crippen LogP contribution in [0, 0.1) is 0 Å². The van der Waals surface area contributed by atoms with E-state index in [1.165, 1.54) is 6.92 Å². The smallest absolute Gasteiger partial charge is 0.303 e. The van der Waals surface area contributed by atoms with Gasteiger partial charge in [-0.3, -0.25) is 19.2 Å². The summed E-state index contributed by atoms with van der Waals surface area (Å²) in [5, 5.41) is 0.0332. The highest BCUT2D eigenvalue weighted by Gasteiger charge is 2.64. The normalized spacial score (nSPS) is 31.0. The van der Waals surface area contributed by atoms with Gasteiger partial charge in [0.05, 0.1) is 0 Å². The van der Waals surface area contributed by atoms with Gasteiger partial charge in [-0.25, -0.2) is 4.99 Å². The molecule has 0 aromatic carbocycles. The first-order chi connectivity index (χ1) is 13.5. The zero-order valence-corrected chi connectivity index (χ0v) is 17.7. The fraction of sp³-hybridized carbons (Fsp3) is 0.625. The van der Waals surface area contributed by atoms with Crippen LogP contribution in [0.15, 0.2) is 4.99 Å². The van der Waals surface area contributed by atoms with Crippen LogP contribution in [-0.4, -0.2) is 70.0 Å². The van der Waals surface area contributed by atoms with Crippen molar-refractivity contribution in [1.82, 2.24) is 0 Å². The number of rotatable bonds is 5. The van der Waals surface area contributed by atoms with Crippen LogP contribution in [-0.2, 0) is 42.9 Å². The van der Waals surface area contributed by atoms with Gasteiger partial charge in [0.25, 0.3) is 0 Å². The van der Waals surface area contributed by atoms with Crippen LogP contribution < -0.4 is 5.73 Å². The molecule has 160 valence electrons. The van der Waals surface area contributed by atoms with Crippen molar-refractivity contribution in [2.24, 2.45) is 10.7 Å². The predicted octanol–water partition coefficient (Wildman–Crippen LogP) is -0.171. The molecule has 2 heterocycles. The van der Waals surface area contributed by atoms with E-state index >= 15 is 0 Å². The van der Waals surface area contributed by atoms with E-state index in [0.29, 0.717) is 0 Å². The molecule has 11 nitrogen and oxygen atoms in total. The van der Waals surface area contributed by atoms with Crippen molar-refractivity contribution in [2.45, 2.75) is 57.0 Å². The zero-order valence-electron chi connectivity index (χ0n) is 16.0. The molecule has 0 amide bonds. The van der Waals surface area contributed by atoms with E-state index in [9.17, 15) is 19.2 Å². The quantitative estimate of drug-likeness (QED) is 0.337. The van der Waals surface area contributed by atoms with E-state index < -0.39 is 53.2 Å². The highest BCUT2D eigenvalue weighted by Crippen LogP contribution is 2.47. The lowest BCUT2D eigenvalue weighted by Crippen LogP contribution is -2.68. The van der Waals surface area contributed by atoms with Crippen molar-refractivity contribution in [2.75, 3.05) is 6.61 Å². The number of hydrogen-bond donors (Lipinski definition) is 1. The average molecular weight is 448 g/mol. The Bertz CT molecular complexity index is 771. The van der Waals surface area contributed by atoms with Gasteiger partial charge in [0, 0.05) is 27.7 Å². The Morgan fingerprint density at radius 2 is 1.59 bits per heavy atom. The van der Waals surface area contributed by atoms with Crippen molar-refractivity contribution in [3.63, 3.8) is 0 Å². The van der Waals surface area contributed by atoms with Crippen molar-refractivity contribution >= 4 is 58.0 Å². The molecule has 5 atom stereocenters. The molecular formula is C16H20N2O9S2. The molecular weight excluding hydrogens is 428 g/mol. The first kappa shape index (κ1) is 23.0.